The molecule has 0 bridgehead atoms. The van der Waals surface area contributed by atoms with Crippen molar-refractivity contribution in [2.24, 2.45) is 17.8 Å². The van der Waals surface area contributed by atoms with Gasteiger partial charge in [-0.15, -0.1) is 10.2 Å². The van der Waals surface area contributed by atoms with Crippen LogP contribution < -0.4 is 5.73 Å². The largest absolute Gasteiger partial charge is 0.400 e. The Balaban J connectivity index is 0.000000193. The second kappa shape index (κ2) is 12.9. The van der Waals surface area contributed by atoms with Crippen molar-refractivity contribution in [3.63, 3.8) is 0 Å². The molecule has 7 nitrogen and oxygen atoms in total. The van der Waals surface area contributed by atoms with E-state index in [1.54, 1.807) is 0 Å². The standard InChI is InChI=1S/C13H21B2NO.C11H6F3N3O.CH4O/c14-13(15,12-4-6-17-7-5-12)16-8-10-2-1-3-11(10)9-16;12-7-3-5(8-1-2-9(15)17-16-8)10(13)11(14)6(7)4-18;1-2/h10-12H,1-9H2;1-4H,(H2,15,17);2H,1H3. The number of anilines is 1. The van der Waals surface area contributed by atoms with Gasteiger partial charge in [-0.25, -0.2) is 13.2 Å². The van der Waals surface area contributed by atoms with Crippen LogP contribution in [0.25, 0.3) is 11.3 Å². The Labute approximate surface area is 217 Å². The van der Waals surface area contributed by atoms with Crippen molar-refractivity contribution in [1.29, 1.82) is 0 Å². The quantitative estimate of drug-likeness (QED) is 0.368. The predicted molar refractivity (Wildman–Crippen MR) is 135 cm³/mol. The summed E-state index contributed by atoms with van der Waals surface area (Å²) in [7, 11) is 13.9. The average Bonchev–Trinajstić information content (AvgIpc) is 3.53. The fraction of sp³-hybridized carbons (Fsp3) is 0.560. The number of halogens is 3. The van der Waals surface area contributed by atoms with Crippen molar-refractivity contribution in [2.75, 3.05) is 39.1 Å². The van der Waals surface area contributed by atoms with E-state index in [1.807, 2.05) is 0 Å². The van der Waals surface area contributed by atoms with Crippen molar-refractivity contribution in [2.45, 2.75) is 37.4 Å². The van der Waals surface area contributed by atoms with Crippen LogP contribution in [0.2, 0.25) is 0 Å². The van der Waals surface area contributed by atoms with Gasteiger partial charge in [0.15, 0.2) is 17.9 Å². The van der Waals surface area contributed by atoms with Crippen LogP contribution in [0.4, 0.5) is 19.0 Å². The molecule has 0 amide bonds. The maximum absolute atomic E-state index is 13.6. The van der Waals surface area contributed by atoms with Crippen LogP contribution in [0.5, 0.6) is 0 Å². The van der Waals surface area contributed by atoms with Crippen molar-refractivity contribution in [3.05, 3.63) is 41.2 Å². The zero-order valence-electron chi connectivity index (χ0n) is 20.9. The molecule has 1 aromatic carbocycles. The molecule has 3 N–H and O–H groups in total. The molecular weight excluding hydrogens is 483 g/mol. The van der Waals surface area contributed by atoms with Gasteiger partial charge in [-0.3, -0.25) is 4.79 Å². The van der Waals surface area contributed by atoms with Crippen molar-refractivity contribution < 1.29 is 27.8 Å². The minimum Gasteiger partial charge on any atom is -0.400 e. The molecule has 2 saturated heterocycles. The van der Waals surface area contributed by atoms with Gasteiger partial charge in [-0.05, 0) is 61.6 Å². The van der Waals surface area contributed by atoms with E-state index in [0.29, 0.717) is 12.0 Å². The van der Waals surface area contributed by atoms with E-state index in [2.05, 4.69) is 15.1 Å². The number of fused-ring (bicyclic) bond motifs is 1. The Morgan fingerprint density at radius 3 is 2.22 bits per heavy atom. The first-order valence-corrected chi connectivity index (χ1v) is 12.3. The normalized spacial score (nSPS) is 21.9. The molecule has 5 rings (SSSR count). The summed E-state index contributed by atoms with van der Waals surface area (Å²) in [6.45, 7) is 3.88. The van der Waals surface area contributed by atoms with Crippen LogP contribution in [0.1, 0.15) is 42.5 Å². The van der Waals surface area contributed by atoms with Crippen LogP contribution in [0.15, 0.2) is 18.2 Å². The lowest BCUT2D eigenvalue weighted by atomic mass is 9.52. The Hall–Kier alpha value is -2.43. The highest BCUT2D eigenvalue weighted by molar-refractivity contribution is 6.40. The fourth-order valence-electron chi connectivity index (χ4n) is 5.36. The van der Waals surface area contributed by atoms with E-state index < -0.39 is 33.9 Å². The van der Waals surface area contributed by atoms with Crippen LogP contribution in [-0.2, 0) is 4.74 Å². The number of aliphatic hydroxyl groups excluding tert-OH is 1. The number of hydrogen-bond donors (Lipinski definition) is 2. The third kappa shape index (κ3) is 6.53. The molecule has 2 aliphatic heterocycles. The number of aliphatic hydroxyl groups is 1. The molecule has 3 heterocycles. The maximum Gasteiger partial charge on any atom is 0.172 e. The lowest BCUT2D eigenvalue weighted by molar-refractivity contribution is 0.0375. The van der Waals surface area contributed by atoms with Gasteiger partial charge in [-0.2, -0.15) is 0 Å². The summed E-state index contributed by atoms with van der Waals surface area (Å²) >= 11 is 0. The second-order valence-corrected chi connectivity index (χ2v) is 9.54. The number of likely N-dealkylation sites (tertiary alicyclic amines) is 1. The number of nitrogens with two attached hydrogens (primary N) is 1. The number of benzene rings is 1. The van der Waals surface area contributed by atoms with Gasteiger partial charge in [0, 0.05) is 39.0 Å². The highest BCUT2D eigenvalue weighted by Crippen LogP contribution is 2.41. The summed E-state index contributed by atoms with van der Waals surface area (Å²) in [5.74, 6) is -1.88. The van der Waals surface area contributed by atoms with Crippen LogP contribution in [0.3, 0.4) is 0 Å². The summed E-state index contributed by atoms with van der Waals surface area (Å²) in [6.07, 6.45) is 6.10. The number of hydrogen-bond acceptors (Lipinski definition) is 7. The molecule has 2 unspecified atom stereocenters. The summed E-state index contributed by atoms with van der Waals surface area (Å²) in [6, 6.07) is 3.26. The SMILES string of the molecule is CO.Nc1ccc(-c2cc(F)c(C=O)c(F)c2F)nn1.[B]C([B])(C1CCOCC1)N1CC2CCCC2C1. The van der Waals surface area contributed by atoms with E-state index >= 15 is 0 Å². The molecule has 3 fully saturated rings. The van der Waals surface area contributed by atoms with Crippen molar-refractivity contribution in [3.8, 4) is 11.3 Å². The first-order chi connectivity index (χ1) is 17.7. The number of nitrogens with zero attached hydrogens (tertiary/aromatic N) is 3. The van der Waals surface area contributed by atoms with Crippen LogP contribution >= 0.6 is 0 Å². The summed E-state index contributed by atoms with van der Waals surface area (Å²) in [5, 5.41) is 13.4. The first-order valence-electron chi connectivity index (χ1n) is 12.3. The number of ether oxygens (including phenoxy) is 1. The van der Waals surface area contributed by atoms with E-state index in [4.69, 9.17) is 31.3 Å². The molecule has 3 aliphatic rings. The second-order valence-electron chi connectivity index (χ2n) is 9.54. The van der Waals surface area contributed by atoms with Crippen molar-refractivity contribution in [1.82, 2.24) is 15.1 Å². The average molecular weight is 514 g/mol. The van der Waals surface area contributed by atoms with Gasteiger partial charge >= 0.3 is 0 Å². The van der Waals surface area contributed by atoms with E-state index in [9.17, 15) is 18.0 Å². The molecule has 12 heteroatoms. The van der Waals surface area contributed by atoms with E-state index in [1.165, 1.54) is 31.4 Å². The third-order valence-electron chi connectivity index (χ3n) is 7.42. The summed E-state index contributed by atoms with van der Waals surface area (Å²) in [4.78, 5) is 12.8. The van der Waals surface area contributed by atoms with Gasteiger partial charge in [0.2, 0.25) is 0 Å². The highest BCUT2D eigenvalue weighted by Gasteiger charge is 2.43. The van der Waals surface area contributed by atoms with Crippen molar-refractivity contribution >= 4 is 27.8 Å². The highest BCUT2D eigenvalue weighted by atomic mass is 19.2. The van der Waals surface area contributed by atoms with E-state index in [-0.39, 0.29) is 17.8 Å². The molecule has 0 spiro atoms. The number of carbonyl (C=O) groups excluding carboxylic acids is 1. The number of nitrogen functional groups attached to an aromatic ring is 1. The van der Waals surface area contributed by atoms with Gasteiger partial charge in [0.1, 0.15) is 11.6 Å². The molecule has 1 saturated carbocycles. The maximum atomic E-state index is 13.6. The zero-order chi connectivity index (χ0) is 27.2. The predicted octanol–water partition coefficient (Wildman–Crippen LogP) is 2.70. The number of rotatable bonds is 4. The molecule has 4 radical (unpaired) electrons. The minimum absolute atomic E-state index is 0.0862. The third-order valence-corrected chi connectivity index (χ3v) is 7.42. The smallest absolute Gasteiger partial charge is 0.172 e. The monoisotopic (exact) mass is 514 g/mol. The topological polar surface area (TPSA) is 102 Å². The van der Waals surface area contributed by atoms with Gasteiger partial charge in [0.05, 0.1) is 26.9 Å². The van der Waals surface area contributed by atoms with Gasteiger partial charge < -0.3 is 20.5 Å². The molecule has 2 aromatic rings. The Kier molecular flexibility index (Phi) is 10.1. The lowest BCUT2D eigenvalue weighted by Crippen LogP contribution is -2.55. The number of aromatic nitrogens is 2. The molecule has 37 heavy (non-hydrogen) atoms. The number of aldehydes is 1. The molecule has 1 aliphatic carbocycles. The van der Waals surface area contributed by atoms with Gasteiger partial charge in [0.25, 0.3) is 0 Å². The Bertz CT molecular complexity index is 1040. The lowest BCUT2D eigenvalue weighted by Gasteiger charge is -2.45. The molecule has 1 aromatic heterocycles. The molecule has 2 atom stereocenters. The fourth-order valence-corrected chi connectivity index (χ4v) is 5.36. The summed E-state index contributed by atoms with van der Waals surface area (Å²) in [5.41, 5.74) is 3.81. The number of carbonyl (C=O) groups is 1. The first kappa shape index (κ1) is 29.1. The Morgan fingerprint density at radius 1 is 1.05 bits per heavy atom. The van der Waals surface area contributed by atoms with Gasteiger partial charge in [-0.1, -0.05) is 11.8 Å². The Morgan fingerprint density at radius 2 is 1.68 bits per heavy atom. The zero-order valence-corrected chi connectivity index (χ0v) is 20.9. The van der Waals surface area contributed by atoms with Crippen LogP contribution in [-0.4, -0.2) is 80.9 Å². The molecule has 196 valence electrons. The summed E-state index contributed by atoms with van der Waals surface area (Å²) < 4.78 is 45.7. The van der Waals surface area contributed by atoms with E-state index in [0.717, 1.165) is 58.1 Å². The molecular formula is C25H31B2F3N4O3. The van der Waals surface area contributed by atoms with Crippen LogP contribution in [0, 0.1) is 35.2 Å². The minimum atomic E-state index is -1.56.